The van der Waals surface area contributed by atoms with E-state index in [1.54, 1.807) is 0 Å². The fraction of sp³-hybridized carbons (Fsp3) is 0.261. The number of hydrogen-bond acceptors (Lipinski definition) is 4. The van der Waals surface area contributed by atoms with Gasteiger partial charge in [0.25, 0.3) is 0 Å². The molecule has 2 aromatic carbocycles. The first-order chi connectivity index (χ1) is 13.5. The average Bonchev–Trinajstić information content (AvgIpc) is 3.51. The molecule has 1 heterocycles. The second kappa shape index (κ2) is 7.60. The number of aliphatic hydroxyl groups is 1. The van der Waals surface area contributed by atoms with Crippen molar-refractivity contribution in [1.29, 1.82) is 0 Å². The van der Waals surface area contributed by atoms with Gasteiger partial charge in [-0.2, -0.15) is 0 Å². The van der Waals surface area contributed by atoms with Gasteiger partial charge < -0.3 is 14.6 Å². The van der Waals surface area contributed by atoms with Crippen LogP contribution in [0.5, 0.6) is 5.75 Å². The molecule has 4 rings (SSSR count). The Morgan fingerprint density at radius 2 is 1.71 bits per heavy atom. The molecule has 4 nitrogen and oxygen atoms in total. The second-order valence-electron chi connectivity index (χ2n) is 7.30. The Bertz CT molecular complexity index is 1010. The van der Waals surface area contributed by atoms with Crippen molar-refractivity contribution in [3.05, 3.63) is 99.4 Å². The molecule has 0 bridgehead atoms. The molecule has 1 aliphatic rings. The molecule has 0 saturated heterocycles. The number of aliphatic hydroxyl groups excluding tert-OH is 1. The van der Waals surface area contributed by atoms with Gasteiger partial charge in [-0.15, -0.1) is 0 Å². The number of aromatic hydroxyl groups is 1. The Morgan fingerprint density at radius 3 is 2.32 bits per heavy atom. The maximum Gasteiger partial charge on any atom is 0.343 e. The first-order valence-corrected chi connectivity index (χ1v) is 9.37. The quantitative estimate of drug-likeness (QED) is 0.669. The number of hydrogen-bond donors (Lipinski definition) is 2. The maximum atomic E-state index is 13.0. The van der Waals surface area contributed by atoms with Crippen LogP contribution in [0.4, 0.5) is 4.39 Å². The fourth-order valence-electron chi connectivity index (χ4n) is 3.68. The highest BCUT2D eigenvalue weighted by molar-refractivity contribution is 5.41. The van der Waals surface area contributed by atoms with Crippen LogP contribution in [0.15, 0.2) is 69.9 Å². The van der Waals surface area contributed by atoms with Crippen LogP contribution in [-0.2, 0) is 6.42 Å². The van der Waals surface area contributed by atoms with Gasteiger partial charge in [0.1, 0.15) is 17.3 Å². The molecule has 0 spiro atoms. The second-order valence-corrected chi connectivity index (χ2v) is 7.30. The van der Waals surface area contributed by atoms with Crippen LogP contribution in [0.3, 0.4) is 0 Å². The molecule has 144 valence electrons. The van der Waals surface area contributed by atoms with E-state index in [2.05, 4.69) is 0 Å². The monoisotopic (exact) mass is 380 g/mol. The first kappa shape index (κ1) is 18.4. The molecule has 2 N–H and O–H groups in total. The van der Waals surface area contributed by atoms with Crippen molar-refractivity contribution in [2.24, 2.45) is 5.92 Å². The molecule has 5 heteroatoms. The number of benzene rings is 2. The van der Waals surface area contributed by atoms with Crippen LogP contribution >= 0.6 is 0 Å². The lowest BCUT2D eigenvalue weighted by Crippen LogP contribution is -2.17. The molecular weight excluding hydrogens is 359 g/mol. The summed E-state index contributed by atoms with van der Waals surface area (Å²) in [7, 11) is 0. The van der Waals surface area contributed by atoms with E-state index in [1.165, 1.54) is 30.3 Å². The molecule has 2 atom stereocenters. The minimum Gasteiger partial charge on any atom is -0.507 e. The van der Waals surface area contributed by atoms with E-state index >= 15 is 0 Å². The van der Waals surface area contributed by atoms with E-state index in [0.717, 1.165) is 18.4 Å². The van der Waals surface area contributed by atoms with Crippen molar-refractivity contribution in [3.8, 4) is 5.75 Å². The van der Waals surface area contributed by atoms with Crippen molar-refractivity contribution in [3.63, 3.8) is 0 Å². The highest BCUT2D eigenvalue weighted by atomic mass is 19.1. The van der Waals surface area contributed by atoms with Gasteiger partial charge in [-0.25, -0.2) is 9.18 Å². The predicted octanol–water partition coefficient (Wildman–Crippen LogP) is 4.30. The van der Waals surface area contributed by atoms with Gasteiger partial charge in [-0.1, -0.05) is 42.5 Å². The van der Waals surface area contributed by atoms with Gasteiger partial charge in [-0.3, -0.25) is 0 Å². The lowest BCUT2D eigenvalue weighted by Gasteiger charge is -2.18. The van der Waals surface area contributed by atoms with Crippen LogP contribution in [0.25, 0.3) is 0 Å². The topological polar surface area (TPSA) is 70.7 Å². The smallest absolute Gasteiger partial charge is 0.343 e. The lowest BCUT2D eigenvalue weighted by molar-refractivity contribution is 0.168. The average molecular weight is 380 g/mol. The van der Waals surface area contributed by atoms with Crippen LogP contribution in [0.1, 0.15) is 47.3 Å². The number of rotatable bonds is 6. The number of halogens is 1. The zero-order chi connectivity index (χ0) is 19.7. The van der Waals surface area contributed by atoms with Crippen molar-refractivity contribution in [1.82, 2.24) is 0 Å². The summed E-state index contributed by atoms with van der Waals surface area (Å²) in [5.41, 5.74) is 1.18. The summed E-state index contributed by atoms with van der Waals surface area (Å²) in [5.74, 6) is -0.208. The molecule has 0 amide bonds. The normalized spacial score (nSPS) is 15.9. The highest BCUT2D eigenvalue weighted by Crippen LogP contribution is 2.47. The van der Waals surface area contributed by atoms with E-state index in [-0.39, 0.29) is 29.4 Å². The van der Waals surface area contributed by atoms with E-state index in [1.807, 2.05) is 30.3 Å². The van der Waals surface area contributed by atoms with Crippen LogP contribution < -0.4 is 5.63 Å². The SMILES string of the molecule is O=c1oc(CC(O)c2ccc(F)cc2)cc(O)c1C(c1ccccc1)C1CC1. The Morgan fingerprint density at radius 1 is 1.04 bits per heavy atom. The lowest BCUT2D eigenvalue weighted by atomic mass is 9.87. The minimum atomic E-state index is -0.970. The summed E-state index contributed by atoms with van der Waals surface area (Å²) >= 11 is 0. The molecule has 28 heavy (non-hydrogen) atoms. The van der Waals surface area contributed by atoms with Crippen molar-refractivity contribution >= 4 is 0 Å². The van der Waals surface area contributed by atoms with E-state index in [9.17, 15) is 19.4 Å². The molecule has 3 aromatic rings. The summed E-state index contributed by atoms with van der Waals surface area (Å²) in [6.07, 6.45) is 1.04. The van der Waals surface area contributed by atoms with Crippen molar-refractivity contribution < 1.29 is 19.0 Å². The molecule has 1 aromatic heterocycles. The first-order valence-electron chi connectivity index (χ1n) is 9.37. The van der Waals surface area contributed by atoms with Gasteiger partial charge >= 0.3 is 5.63 Å². The molecule has 1 aliphatic carbocycles. The molecule has 1 fully saturated rings. The van der Waals surface area contributed by atoms with Gasteiger partial charge in [0, 0.05) is 18.4 Å². The molecule has 1 saturated carbocycles. The van der Waals surface area contributed by atoms with E-state index in [0.29, 0.717) is 11.5 Å². The Labute approximate surface area is 161 Å². The van der Waals surface area contributed by atoms with Crippen LogP contribution in [-0.4, -0.2) is 10.2 Å². The largest absolute Gasteiger partial charge is 0.507 e. The maximum absolute atomic E-state index is 13.0. The van der Waals surface area contributed by atoms with Gasteiger partial charge in [-0.05, 0) is 42.0 Å². The van der Waals surface area contributed by atoms with Crippen molar-refractivity contribution in [2.45, 2.75) is 31.3 Å². The molecule has 2 unspecified atom stereocenters. The molecule has 0 aliphatic heterocycles. The Balaban J connectivity index is 1.63. The van der Waals surface area contributed by atoms with E-state index < -0.39 is 17.5 Å². The zero-order valence-electron chi connectivity index (χ0n) is 15.2. The van der Waals surface area contributed by atoms with Gasteiger partial charge in [0.05, 0.1) is 11.7 Å². The Kier molecular flexibility index (Phi) is 5.01. The minimum absolute atomic E-state index is 0.00808. The van der Waals surface area contributed by atoms with Gasteiger partial charge in [0.15, 0.2) is 0 Å². The summed E-state index contributed by atoms with van der Waals surface area (Å²) in [6, 6.07) is 16.5. The summed E-state index contributed by atoms with van der Waals surface area (Å²) in [5, 5.41) is 20.9. The third-order valence-electron chi connectivity index (χ3n) is 5.23. The predicted molar refractivity (Wildman–Crippen MR) is 103 cm³/mol. The Hall–Kier alpha value is -2.92. The van der Waals surface area contributed by atoms with Crippen LogP contribution in [0.2, 0.25) is 0 Å². The molecule has 0 radical (unpaired) electrons. The summed E-state index contributed by atoms with van der Waals surface area (Å²) in [6.45, 7) is 0. The molecular formula is C23H21FO4. The summed E-state index contributed by atoms with van der Waals surface area (Å²) < 4.78 is 18.5. The zero-order valence-corrected chi connectivity index (χ0v) is 15.2. The fourth-order valence-corrected chi connectivity index (χ4v) is 3.68. The third kappa shape index (κ3) is 3.85. The summed E-state index contributed by atoms with van der Waals surface area (Å²) in [4.78, 5) is 12.7. The van der Waals surface area contributed by atoms with E-state index in [4.69, 9.17) is 4.42 Å². The third-order valence-corrected chi connectivity index (χ3v) is 5.23. The highest BCUT2D eigenvalue weighted by Gasteiger charge is 2.37. The van der Waals surface area contributed by atoms with Crippen LogP contribution in [0, 0.1) is 11.7 Å². The van der Waals surface area contributed by atoms with Gasteiger partial charge in [0.2, 0.25) is 0 Å². The van der Waals surface area contributed by atoms with Crippen molar-refractivity contribution in [2.75, 3.05) is 0 Å². The standard InChI is InChI=1S/C23H21FO4/c24-17-10-8-14(9-11-17)19(25)12-18-13-20(26)22(23(27)28-18)21(16-6-7-16)15-4-2-1-3-5-15/h1-5,8-11,13,16,19,21,25-26H,6-7,12H2.